The molecular formula is C28H33N3O5S2. The summed E-state index contributed by atoms with van der Waals surface area (Å²) in [5.41, 5.74) is 0.956. The Bertz CT molecular complexity index is 1460. The molecule has 0 atom stereocenters. The van der Waals surface area contributed by atoms with E-state index in [2.05, 4.69) is 10.3 Å². The van der Waals surface area contributed by atoms with E-state index in [4.69, 9.17) is 4.74 Å². The molecule has 5 rings (SSSR count). The smallest absolute Gasteiger partial charge is 0.307 e. The maximum absolute atomic E-state index is 13.7. The molecule has 2 aliphatic rings. The molecule has 2 heterocycles. The molecule has 1 saturated heterocycles. The van der Waals surface area contributed by atoms with E-state index < -0.39 is 27.0 Å². The Hall–Kier alpha value is -2.82. The number of amides is 1. The molecule has 1 aromatic heterocycles. The minimum Gasteiger partial charge on any atom is -0.460 e. The third-order valence-electron chi connectivity index (χ3n) is 7.07. The Labute approximate surface area is 227 Å². The third kappa shape index (κ3) is 5.34. The standard InChI is InChI=1S/C28H33N3O5S2/c1-27(2,3)36-24(32)17-28(15-19-9-4-5-10-20(19)16-28)26(33)29-18-23-30-25-21(37-23)11-8-12-22(25)38(34,35)31-13-6-7-14-31/h4-5,8-12H,6-7,13-18H2,1-3H3,(H,29,33). The van der Waals surface area contributed by atoms with Crippen molar-refractivity contribution in [2.24, 2.45) is 5.41 Å². The second-order valence-corrected chi connectivity index (χ2v) is 14.2. The molecule has 0 spiro atoms. The number of aromatic nitrogens is 1. The highest BCUT2D eigenvalue weighted by Gasteiger charge is 2.46. The van der Waals surface area contributed by atoms with E-state index in [1.807, 2.05) is 51.1 Å². The highest BCUT2D eigenvalue weighted by atomic mass is 32.2. The van der Waals surface area contributed by atoms with Crippen LogP contribution >= 0.6 is 11.3 Å². The van der Waals surface area contributed by atoms with Crippen LogP contribution in [0.25, 0.3) is 10.2 Å². The van der Waals surface area contributed by atoms with Gasteiger partial charge in [-0.2, -0.15) is 4.31 Å². The summed E-state index contributed by atoms with van der Waals surface area (Å²) in [7, 11) is -3.63. The summed E-state index contributed by atoms with van der Waals surface area (Å²) < 4.78 is 34.3. The minimum absolute atomic E-state index is 0.0249. The molecule has 0 saturated carbocycles. The second kappa shape index (κ2) is 10.1. The lowest BCUT2D eigenvalue weighted by Gasteiger charge is -2.29. The van der Waals surface area contributed by atoms with Crippen molar-refractivity contribution >= 4 is 43.5 Å². The van der Waals surface area contributed by atoms with Gasteiger partial charge in [0.25, 0.3) is 0 Å². The number of rotatable bonds is 7. The number of para-hydroxylation sites is 1. The van der Waals surface area contributed by atoms with Gasteiger partial charge in [-0.1, -0.05) is 30.3 Å². The predicted molar refractivity (Wildman–Crippen MR) is 146 cm³/mol. The number of nitrogens with one attached hydrogen (secondary N) is 1. The first-order chi connectivity index (χ1) is 18.0. The third-order valence-corrected chi connectivity index (χ3v) is 10.0. The molecular weight excluding hydrogens is 522 g/mol. The van der Waals surface area contributed by atoms with Crippen molar-refractivity contribution in [3.05, 3.63) is 58.6 Å². The Morgan fingerprint density at radius 3 is 2.34 bits per heavy atom. The first kappa shape index (κ1) is 26.8. The zero-order valence-electron chi connectivity index (χ0n) is 22.0. The van der Waals surface area contributed by atoms with Crippen LogP contribution in [-0.4, -0.2) is 48.3 Å². The van der Waals surface area contributed by atoms with Crippen LogP contribution in [0.1, 0.15) is 56.2 Å². The summed E-state index contributed by atoms with van der Waals surface area (Å²) in [6, 6.07) is 13.1. The van der Waals surface area contributed by atoms with E-state index in [-0.39, 0.29) is 23.8 Å². The van der Waals surface area contributed by atoms with Crippen molar-refractivity contribution in [2.75, 3.05) is 13.1 Å². The Morgan fingerprint density at radius 1 is 1.05 bits per heavy atom. The lowest BCUT2D eigenvalue weighted by Crippen LogP contribution is -2.44. The molecule has 38 heavy (non-hydrogen) atoms. The second-order valence-electron chi connectivity index (χ2n) is 11.2. The van der Waals surface area contributed by atoms with E-state index in [9.17, 15) is 18.0 Å². The maximum atomic E-state index is 13.7. The fourth-order valence-electron chi connectivity index (χ4n) is 5.38. The van der Waals surface area contributed by atoms with E-state index in [0.717, 1.165) is 28.7 Å². The number of esters is 1. The minimum atomic E-state index is -3.63. The number of ether oxygens (including phenoxy) is 1. The molecule has 1 N–H and O–H groups in total. The lowest BCUT2D eigenvalue weighted by atomic mass is 9.80. The highest BCUT2D eigenvalue weighted by Crippen LogP contribution is 2.41. The number of hydrogen-bond donors (Lipinski definition) is 1. The maximum Gasteiger partial charge on any atom is 0.307 e. The van der Waals surface area contributed by atoms with Gasteiger partial charge in [0.2, 0.25) is 15.9 Å². The largest absolute Gasteiger partial charge is 0.460 e. The van der Waals surface area contributed by atoms with Crippen LogP contribution in [0.3, 0.4) is 0 Å². The van der Waals surface area contributed by atoms with Crippen molar-refractivity contribution in [3.63, 3.8) is 0 Å². The van der Waals surface area contributed by atoms with Gasteiger partial charge in [0, 0.05) is 13.1 Å². The summed E-state index contributed by atoms with van der Waals surface area (Å²) in [5, 5.41) is 3.61. The number of nitrogens with zero attached hydrogens (tertiary/aromatic N) is 2. The van der Waals surface area contributed by atoms with Crippen molar-refractivity contribution in [1.29, 1.82) is 0 Å². The van der Waals surface area contributed by atoms with Crippen LogP contribution in [0, 0.1) is 5.41 Å². The van der Waals surface area contributed by atoms with Gasteiger partial charge in [0.05, 0.1) is 23.1 Å². The van der Waals surface area contributed by atoms with Gasteiger partial charge in [-0.05, 0) is 69.7 Å². The molecule has 0 radical (unpaired) electrons. The molecule has 0 unspecified atom stereocenters. The molecule has 2 aromatic carbocycles. The Morgan fingerprint density at radius 2 is 1.71 bits per heavy atom. The van der Waals surface area contributed by atoms with Gasteiger partial charge in [0.1, 0.15) is 21.0 Å². The van der Waals surface area contributed by atoms with Crippen LogP contribution in [0.5, 0.6) is 0 Å². The summed E-state index contributed by atoms with van der Waals surface area (Å²) in [6.07, 6.45) is 2.60. The number of carbonyl (C=O) groups is 2. The summed E-state index contributed by atoms with van der Waals surface area (Å²) >= 11 is 1.36. The van der Waals surface area contributed by atoms with Crippen LogP contribution in [0.15, 0.2) is 47.4 Å². The number of hydrogen-bond acceptors (Lipinski definition) is 7. The van der Waals surface area contributed by atoms with Crippen molar-refractivity contribution < 1.29 is 22.7 Å². The predicted octanol–water partition coefficient (Wildman–Crippen LogP) is 4.21. The zero-order valence-corrected chi connectivity index (χ0v) is 23.6. The quantitative estimate of drug-likeness (QED) is 0.438. The van der Waals surface area contributed by atoms with Crippen LogP contribution in [0.2, 0.25) is 0 Å². The van der Waals surface area contributed by atoms with Crippen LogP contribution < -0.4 is 5.32 Å². The normalized spacial score (nSPS) is 17.4. The van der Waals surface area contributed by atoms with E-state index in [1.165, 1.54) is 15.6 Å². The van der Waals surface area contributed by atoms with Crippen LogP contribution in [-0.2, 0) is 43.7 Å². The molecule has 1 fully saturated rings. The van der Waals surface area contributed by atoms with Gasteiger partial charge >= 0.3 is 5.97 Å². The van der Waals surface area contributed by atoms with Gasteiger partial charge in [-0.15, -0.1) is 11.3 Å². The fourth-order valence-corrected chi connectivity index (χ4v) is 8.04. The zero-order chi connectivity index (χ0) is 27.1. The average Bonchev–Trinajstić information content (AvgIpc) is 3.59. The van der Waals surface area contributed by atoms with Crippen molar-refractivity contribution in [2.45, 2.75) is 69.9 Å². The van der Waals surface area contributed by atoms with Crippen molar-refractivity contribution in [1.82, 2.24) is 14.6 Å². The summed E-state index contributed by atoms with van der Waals surface area (Å²) in [6.45, 7) is 6.63. The number of benzene rings is 2. The molecule has 1 amide bonds. The topological polar surface area (TPSA) is 106 Å². The number of sulfonamides is 1. The van der Waals surface area contributed by atoms with Gasteiger partial charge in [0.15, 0.2) is 0 Å². The lowest BCUT2D eigenvalue weighted by molar-refractivity contribution is -0.160. The fraction of sp³-hybridized carbons (Fsp3) is 0.464. The molecule has 3 aromatic rings. The monoisotopic (exact) mass is 555 g/mol. The average molecular weight is 556 g/mol. The molecule has 8 nitrogen and oxygen atoms in total. The number of thiazole rings is 1. The first-order valence-corrected chi connectivity index (χ1v) is 15.2. The number of fused-ring (bicyclic) bond motifs is 2. The highest BCUT2D eigenvalue weighted by molar-refractivity contribution is 7.89. The SMILES string of the molecule is CC(C)(C)OC(=O)CC1(C(=O)NCc2nc3c(S(=O)(=O)N4CCCC4)cccc3s2)Cc2ccccc2C1. The van der Waals surface area contributed by atoms with Crippen molar-refractivity contribution in [3.8, 4) is 0 Å². The summed E-state index contributed by atoms with van der Waals surface area (Å²) in [4.78, 5) is 31.3. The summed E-state index contributed by atoms with van der Waals surface area (Å²) in [5.74, 6) is -0.638. The first-order valence-electron chi connectivity index (χ1n) is 12.9. The molecule has 0 bridgehead atoms. The van der Waals surface area contributed by atoms with E-state index in [0.29, 0.717) is 36.5 Å². The van der Waals surface area contributed by atoms with E-state index in [1.54, 1.807) is 12.1 Å². The molecule has 202 valence electrons. The number of carbonyl (C=O) groups excluding carboxylic acids is 2. The Balaban J connectivity index is 1.37. The molecule has 1 aliphatic carbocycles. The van der Waals surface area contributed by atoms with E-state index >= 15 is 0 Å². The van der Waals surface area contributed by atoms with Crippen LogP contribution in [0.4, 0.5) is 0 Å². The van der Waals surface area contributed by atoms with Gasteiger partial charge in [-0.3, -0.25) is 9.59 Å². The van der Waals surface area contributed by atoms with Gasteiger partial charge in [-0.25, -0.2) is 13.4 Å². The molecule has 10 heteroatoms. The Kier molecular flexibility index (Phi) is 7.08. The molecule has 1 aliphatic heterocycles. The van der Waals surface area contributed by atoms with Gasteiger partial charge < -0.3 is 10.1 Å².